The van der Waals surface area contributed by atoms with Gasteiger partial charge in [0.25, 0.3) is 0 Å². The largest absolute Gasteiger partial charge is 0.423 e. The van der Waals surface area contributed by atoms with Crippen LogP contribution in [0.5, 0.6) is 0 Å². The Labute approximate surface area is 210 Å². The summed E-state index contributed by atoms with van der Waals surface area (Å²) in [7, 11) is 0. The van der Waals surface area contributed by atoms with Gasteiger partial charge < -0.3 is 14.2 Å². The molecule has 0 radical (unpaired) electrons. The van der Waals surface area contributed by atoms with Crippen LogP contribution in [0.3, 0.4) is 0 Å². The second kappa shape index (κ2) is 9.88. The molecule has 1 aliphatic heterocycles. The molecule has 5 rings (SSSR count). The van der Waals surface area contributed by atoms with Gasteiger partial charge >= 0.3 is 6.18 Å². The quantitative estimate of drug-likeness (QED) is 0.369. The minimum Gasteiger partial charge on any atom is -0.379 e. The first-order valence-electron chi connectivity index (χ1n) is 12.1. The second-order valence-electron chi connectivity index (χ2n) is 9.26. The van der Waals surface area contributed by atoms with Gasteiger partial charge in [0.15, 0.2) is 0 Å². The minimum absolute atomic E-state index is 0.178. The van der Waals surface area contributed by atoms with Crippen LogP contribution in [0.15, 0.2) is 54.9 Å². The predicted octanol–water partition coefficient (Wildman–Crippen LogP) is 4.38. The van der Waals surface area contributed by atoms with Gasteiger partial charge in [0.05, 0.1) is 31.6 Å². The smallest absolute Gasteiger partial charge is 0.379 e. The summed E-state index contributed by atoms with van der Waals surface area (Å²) >= 11 is 0. The summed E-state index contributed by atoms with van der Waals surface area (Å²) in [5.41, 5.74) is 1.02. The molecular formula is C26H27F4N5O2. The fraction of sp³-hybridized carbons (Fsp3) is 0.385. The number of alkyl halides is 3. The van der Waals surface area contributed by atoms with Gasteiger partial charge in [-0.05, 0) is 65.6 Å². The number of aromatic nitrogens is 4. The van der Waals surface area contributed by atoms with Gasteiger partial charge in [-0.3, -0.25) is 4.90 Å². The number of halogens is 4. The summed E-state index contributed by atoms with van der Waals surface area (Å²) in [5, 5.41) is 17.6. The molecule has 0 amide bonds. The van der Waals surface area contributed by atoms with Crippen LogP contribution in [0.2, 0.25) is 0 Å². The van der Waals surface area contributed by atoms with Gasteiger partial charge in [-0.1, -0.05) is 12.1 Å². The first kappa shape index (κ1) is 25.4. The summed E-state index contributed by atoms with van der Waals surface area (Å²) in [6.45, 7) is 5.10. The number of fused-ring (bicyclic) bond motifs is 1. The zero-order valence-corrected chi connectivity index (χ0v) is 20.2. The molecule has 1 aromatic carbocycles. The topological polar surface area (TPSA) is 67.8 Å². The molecule has 7 nitrogen and oxygen atoms in total. The van der Waals surface area contributed by atoms with E-state index in [0.29, 0.717) is 19.8 Å². The Morgan fingerprint density at radius 1 is 1.03 bits per heavy atom. The van der Waals surface area contributed by atoms with E-state index in [1.807, 2.05) is 22.7 Å². The Balaban J connectivity index is 1.47. The number of rotatable bonds is 7. The number of pyridine rings is 1. The van der Waals surface area contributed by atoms with Crippen LogP contribution >= 0.6 is 0 Å². The van der Waals surface area contributed by atoms with Crippen molar-refractivity contribution in [1.29, 1.82) is 0 Å². The van der Waals surface area contributed by atoms with Gasteiger partial charge in [0, 0.05) is 31.3 Å². The van der Waals surface area contributed by atoms with Crippen molar-refractivity contribution in [2.24, 2.45) is 0 Å². The Morgan fingerprint density at radius 2 is 1.76 bits per heavy atom. The van der Waals surface area contributed by atoms with Crippen LogP contribution in [0.4, 0.5) is 17.6 Å². The Bertz CT molecular complexity index is 1380. The van der Waals surface area contributed by atoms with Gasteiger partial charge in [-0.25, -0.2) is 9.07 Å². The molecule has 4 heterocycles. The third kappa shape index (κ3) is 4.98. The maximum absolute atomic E-state index is 13.6. The van der Waals surface area contributed by atoms with Gasteiger partial charge in [0.2, 0.25) is 5.60 Å². The Kier molecular flexibility index (Phi) is 6.78. The fourth-order valence-corrected chi connectivity index (χ4v) is 4.71. The molecule has 0 spiro atoms. The number of nitrogens with zero attached hydrogens (tertiary/aromatic N) is 5. The molecule has 1 atom stereocenters. The number of morpholine rings is 1. The van der Waals surface area contributed by atoms with E-state index in [1.165, 1.54) is 23.7 Å². The number of hydrogen-bond donors (Lipinski definition) is 1. The lowest BCUT2D eigenvalue weighted by molar-refractivity contribution is -0.269. The van der Waals surface area contributed by atoms with E-state index in [1.54, 1.807) is 12.1 Å². The molecule has 1 aliphatic rings. The van der Waals surface area contributed by atoms with E-state index in [-0.39, 0.29) is 12.4 Å². The van der Waals surface area contributed by atoms with Crippen molar-refractivity contribution in [3.63, 3.8) is 0 Å². The van der Waals surface area contributed by atoms with Crippen molar-refractivity contribution >= 4 is 5.52 Å². The molecule has 1 N–H and O–H groups in total. The summed E-state index contributed by atoms with van der Waals surface area (Å²) in [6, 6.07) is 12.2. The predicted molar refractivity (Wildman–Crippen MR) is 128 cm³/mol. The lowest BCUT2D eigenvalue weighted by Crippen LogP contribution is -2.42. The third-order valence-electron chi connectivity index (χ3n) is 6.82. The van der Waals surface area contributed by atoms with Crippen molar-refractivity contribution in [1.82, 2.24) is 24.3 Å². The first-order chi connectivity index (χ1) is 17.7. The van der Waals surface area contributed by atoms with Crippen LogP contribution in [-0.4, -0.2) is 61.9 Å². The second-order valence-corrected chi connectivity index (χ2v) is 9.26. The molecule has 0 bridgehead atoms. The maximum atomic E-state index is 13.6. The zero-order valence-electron chi connectivity index (χ0n) is 20.2. The van der Waals surface area contributed by atoms with Crippen LogP contribution in [-0.2, 0) is 23.4 Å². The van der Waals surface area contributed by atoms with Gasteiger partial charge in [-0.2, -0.15) is 13.2 Å². The molecule has 1 saturated heterocycles. The highest BCUT2D eigenvalue weighted by Crippen LogP contribution is 2.40. The highest BCUT2D eigenvalue weighted by molar-refractivity contribution is 5.72. The SMILES string of the molecule is CCC(O)(c1cn(Cc2ccn3c(-c4ccc(F)cc4)c(CN4CCOCC4)cc3c2)nn1)C(F)(F)F. The maximum Gasteiger partial charge on any atom is 0.423 e. The van der Waals surface area contributed by atoms with E-state index in [0.717, 1.165) is 47.2 Å². The monoisotopic (exact) mass is 517 g/mol. The highest BCUT2D eigenvalue weighted by atomic mass is 19.4. The standard InChI is InChI=1S/C26H27F4N5O2/c1-2-25(36,26(28,29)30)23-17-34(32-31-23)15-18-7-8-35-22(13-18)14-20(16-33-9-11-37-12-10-33)24(35)19-3-5-21(27)6-4-19/h3-8,13-14,17,36H,2,9-12,15-16H2,1H3. The highest BCUT2D eigenvalue weighted by Gasteiger charge is 2.55. The van der Waals surface area contributed by atoms with E-state index in [2.05, 4.69) is 21.3 Å². The molecule has 196 valence electrons. The number of hydrogen-bond acceptors (Lipinski definition) is 5. The van der Waals surface area contributed by atoms with E-state index in [4.69, 9.17) is 4.74 Å². The van der Waals surface area contributed by atoms with Crippen LogP contribution in [0.25, 0.3) is 16.8 Å². The van der Waals surface area contributed by atoms with Crippen molar-refractivity contribution in [2.75, 3.05) is 26.3 Å². The van der Waals surface area contributed by atoms with Crippen molar-refractivity contribution in [3.05, 3.63) is 77.5 Å². The summed E-state index contributed by atoms with van der Waals surface area (Å²) in [5.74, 6) is -0.311. The molecule has 0 saturated carbocycles. The summed E-state index contributed by atoms with van der Waals surface area (Å²) in [4.78, 5) is 2.30. The van der Waals surface area contributed by atoms with E-state index >= 15 is 0 Å². The normalized spacial score (nSPS) is 16.8. The Morgan fingerprint density at radius 3 is 2.43 bits per heavy atom. The average Bonchev–Trinajstić information content (AvgIpc) is 3.48. The third-order valence-corrected chi connectivity index (χ3v) is 6.82. The molecule has 4 aromatic rings. The zero-order chi connectivity index (χ0) is 26.2. The average molecular weight is 518 g/mol. The number of benzene rings is 1. The number of aliphatic hydroxyl groups is 1. The molecule has 37 heavy (non-hydrogen) atoms. The van der Waals surface area contributed by atoms with Gasteiger partial charge in [-0.15, -0.1) is 5.10 Å². The van der Waals surface area contributed by atoms with Crippen molar-refractivity contribution in [2.45, 2.75) is 38.2 Å². The van der Waals surface area contributed by atoms with Crippen molar-refractivity contribution in [3.8, 4) is 11.3 Å². The lowest BCUT2D eigenvalue weighted by atomic mass is 9.96. The molecule has 1 fully saturated rings. The minimum atomic E-state index is -4.86. The van der Waals surface area contributed by atoms with Gasteiger partial charge in [0.1, 0.15) is 11.5 Å². The number of ether oxygens (including phenoxy) is 1. The van der Waals surface area contributed by atoms with Crippen molar-refractivity contribution < 1.29 is 27.4 Å². The van der Waals surface area contributed by atoms with E-state index < -0.39 is 23.9 Å². The molecule has 3 aromatic heterocycles. The molecule has 1 unspecified atom stereocenters. The van der Waals surface area contributed by atoms with Crippen LogP contribution in [0, 0.1) is 5.82 Å². The molecular weight excluding hydrogens is 490 g/mol. The lowest BCUT2D eigenvalue weighted by Gasteiger charge is -2.26. The molecule has 0 aliphatic carbocycles. The van der Waals surface area contributed by atoms with E-state index in [9.17, 15) is 22.7 Å². The Hall–Kier alpha value is -3.28. The van der Waals surface area contributed by atoms with Crippen LogP contribution < -0.4 is 0 Å². The summed E-state index contributed by atoms with van der Waals surface area (Å²) < 4.78 is 62.6. The first-order valence-corrected chi connectivity index (χ1v) is 12.1. The summed E-state index contributed by atoms with van der Waals surface area (Å²) in [6.07, 6.45) is -2.40. The van der Waals surface area contributed by atoms with Crippen LogP contribution in [0.1, 0.15) is 30.2 Å². The molecule has 11 heteroatoms. The fourth-order valence-electron chi connectivity index (χ4n) is 4.71.